The van der Waals surface area contributed by atoms with Crippen molar-refractivity contribution in [3.8, 4) is 5.75 Å². The lowest BCUT2D eigenvalue weighted by Gasteiger charge is -2.17. The molecule has 1 heterocycles. The molecule has 0 spiro atoms. The van der Waals surface area contributed by atoms with Crippen molar-refractivity contribution in [2.75, 3.05) is 7.11 Å². The number of ether oxygens (including phenoxy) is 1. The lowest BCUT2D eigenvalue weighted by atomic mass is 10.1. The molecule has 4 nitrogen and oxygen atoms in total. The molecule has 1 N–H and O–H groups in total. The molecule has 0 aliphatic carbocycles. The Bertz CT molecular complexity index is 552. The topological polar surface area (TPSA) is 47.3 Å². The molecule has 1 aromatic heterocycles. The van der Waals surface area contributed by atoms with E-state index in [4.69, 9.17) is 16.3 Å². The highest BCUT2D eigenvalue weighted by atomic mass is 79.9. The van der Waals surface area contributed by atoms with Gasteiger partial charge >= 0.3 is 0 Å². The highest BCUT2D eigenvalue weighted by Gasteiger charge is 2.23. The van der Waals surface area contributed by atoms with Crippen molar-refractivity contribution < 1.29 is 9.84 Å². The van der Waals surface area contributed by atoms with Crippen LogP contribution in [0.2, 0.25) is 5.02 Å². The molecular weight excluding hydrogens is 320 g/mol. The standard InChI is InChI=1S/C12H12BrClN2O2/c1-16-11(7(13)6-15-16)12(17)10-8(14)4-3-5-9(10)18-2/h3-6,12,17H,1-2H3. The number of rotatable bonds is 3. The first-order chi connectivity index (χ1) is 8.56. The first-order valence-electron chi connectivity index (χ1n) is 5.24. The number of methoxy groups -OCH3 is 1. The molecular formula is C12H12BrClN2O2. The quantitative estimate of drug-likeness (QED) is 0.940. The summed E-state index contributed by atoms with van der Waals surface area (Å²) in [5, 5.41) is 15.0. The number of aliphatic hydroxyl groups is 1. The fourth-order valence-electron chi connectivity index (χ4n) is 1.83. The molecule has 0 aliphatic rings. The van der Waals surface area contributed by atoms with Crippen LogP contribution < -0.4 is 4.74 Å². The second kappa shape index (κ2) is 5.30. The number of aliphatic hydroxyl groups excluding tert-OH is 1. The molecule has 0 bridgehead atoms. The van der Waals surface area contributed by atoms with Crippen LogP contribution in [0.25, 0.3) is 0 Å². The number of benzene rings is 1. The molecule has 2 rings (SSSR count). The molecule has 18 heavy (non-hydrogen) atoms. The minimum Gasteiger partial charge on any atom is -0.496 e. The maximum absolute atomic E-state index is 10.5. The third-order valence-corrected chi connectivity index (χ3v) is 3.64. The van der Waals surface area contributed by atoms with Gasteiger partial charge in [-0.1, -0.05) is 17.7 Å². The largest absolute Gasteiger partial charge is 0.496 e. The van der Waals surface area contributed by atoms with Crippen LogP contribution in [-0.4, -0.2) is 22.0 Å². The molecule has 1 aromatic carbocycles. The van der Waals surface area contributed by atoms with E-state index in [1.807, 2.05) is 0 Å². The zero-order valence-corrected chi connectivity index (χ0v) is 12.2. The van der Waals surface area contributed by atoms with Crippen molar-refractivity contribution in [1.82, 2.24) is 9.78 Å². The van der Waals surface area contributed by atoms with E-state index >= 15 is 0 Å². The Hall–Kier alpha value is -1.04. The van der Waals surface area contributed by atoms with Gasteiger partial charge in [-0.25, -0.2) is 0 Å². The number of nitrogens with zero attached hydrogens (tertiary/aromatic N) is 2. The first-order valence-corrected chi connectivity index (χ1v) is 6.41. The number of hydrogen-bond acceptors (Lipinski definition) is 3. The van der Waals surface area contributed by atoms with E-state index in [2.05, 4.69) is 21.0 Å². The highest BCUT2D eigenvalue weighted by Crippen LogP contribution is 2.37. The Kier molecular flexibility index (Phi) is 3.94. The molecule has 0 fully saturated rings. The molecule has 0 amide bonds. The van der Waals surface area contributed by atoms with Crippen molar-refractivity contribution in [2.24, 2.45) is 7.05 Å². The normalized spacial score (nSPS) is 12.5. The lowest BCUT2D eigenvalue weighted by Crippen LogP contribution is -2.09. The van der Waals surface area contributed by atoms with Gasteiger partial charge in [0.1, 0.15) is 11.9 Å². The maximum atomic E-state index is 10.5. The summed E-state index contributed by atoms with van der Waals surface area (Å²) in [7, 11) is 3.30. The highest BCUT2D eigenvalue weighted by molar-refractivity contribution is 9.10. The predicted molar refractivity (Wildman–Crippen MR) is 73.0 cm³/mol. The van der Waals surface area contributed by atoms with Crippen molar-refractivity contribution in [2.45, 2.75) is 6.10 Å². The van der Waals surface area contributed by atoms with Gasteiger partial charge in [0, 0.05) is 12.6 Å². The lowest BCUT2D eigenvalue weighted by molar-refractivity contribution is 0.204. The van der Waals surface area contributed by atoms with Crippen molar-refractivity contribution in [1.29, 1.82) is 0 Å². The first kappa shape index (κ1) is 13.4. The van der Waals surface area contributed by atoms with E-state index in [9.17, 15) is 5.11 Å². The molecule has 0 saturated carbocycles. The van der Waals surface area contributed by atoms with Gasteiger partial charge < -0.3 is 9.84 Å². The van der Waals surface area contributed by atoms with Crippen LogP contribution in [0.5, 0.6) is 5.75 Å². The average Bonchev–Trinajstić information content (AvgIpc) is 2.68. The summed E-state index contributed by atoms with van der Waals surface area (Å²) in [5.74, 6) is 0.545. The smallest absolute Gasteiger partial charge is 0.127 e. The zero-order valence-electron chi connectivity index (χ0n) is 9.89. The van der Waals surface area contributed by atoms with Crippen LogP contribution in [0, 0.1) is 0 Å². The second-order valence-electron chi connectivity index (χ2n) is 3.76. The van der Waals surface area contributed by atoms with Gasteiger partial charge in [0.15, 0.2) is 0 Å². The predicted octanol–water partition coefficient (Wildman–Crippen LogP) is 2.93. The van der Waals surface area contributed by atoms with Gasteiger partial charge in [-0.3, -0.25) is 4.68 Å². The molecule has 1 unspecified atom stereocenters. The summed E-state index contributed by atoms with van der Waals surface area (Å²) in [6.45, 7) is 0. The van der Waals surface area contributed by atoms with Crippen molar-refractivity contribution in [3.63, 3.8) is 0 Å². The Morgan fingerprint density at radius 3 is 2.78 bits per heavy atom. The van der Waals surface area contributed by atoms with Gasteiger partial charge in [0.05, 0.1) is 28.5 Å². The number of aryl methyl sites for hydroxylation is 1. The number of aromatic nitrogens is 2. The van der Waals surface area contributed by atoms with Crippen molar-refractivity contribution in [3.05, 3.63) is 45.1 Å². The summed E-state index contributed by atoms with van der Waals surface area (Å²) in [6, 6.07) is 5.25. The SMILES string of the molecule is COc1cccc(Cl)c1C(O)c1c(Br)cnn1C. The Labute approximate surface area is 118 Å². The van der Waals surface area contributed by atoms with Gasteiger partial charge in [-0.15, -0.1) is 0 Å². The fourth-order valence-corrected chi connectivity index (χ4v) is 2.66. The maximum Gasteiger partial charge on any atom is 0.127 e. The monoisotopic (exact) mass is 330 g/mol. The van der Waals surface area contributed by atoms with E-state index in [0.29, 0.717) is 22.0 Å². The molecule has 1 atom stereocenters. The Balaban J connectivity index is 2.56. The van der Waals surface area contributed by atoms with Crippen molar-refractivity contribution >= 4 is 27.5 Å². The number of halogens is 2. The Morgan fingerprint density at radius 1 is 1.50 bits per heavy atom. The molecule has 0 aliphatic heterocycles. The minimum absolute atomic E-state index is 0.454. The molecule has 0 radical (unpaired) electrons. The van der Waals surface area contributed by atoms with E-state index in [1.54, 1.807) is 43.2 Å². The second-order valence-corrected chi connectivity index (χ2v) is 5.02. The van der Waals surface area contributed by atoms with Gasteiger partial charge in [0.2, 0.25) is 0 Å². The van der Waals surface area contributed by atoms with E-state index in [0.717, 1.165) is 4.47 Å². The van der Waals surface area contributed by atoms with E-state index in [1.165, 1.54) is 0 Å². The van der Waals surface area contributed by atoms with Crippen LogP contribution in [0.3, 0.4) is 0 Å². The zero-order chi connectivity index (χ0) is 13.3. The van der Waals surface area contributed by atoms with Crippen LogP contribution in [0.1, 0.15) is 17.4 Å². The molecule has 2 aromatic rings. The fraction of sp³-hybridized carbons (Fsp3) is 0.250. The average molecular weight is 332 g/mol. The molecule has 0 saturated heterocycles. The summed E-state index contributed by atoms with van der Waals surface area (Å²) in [6.07, 6.45) is 0.720. The Morgan fingerprint density at radius 2 is 2.22 bits per heavy atom. The van der Waals surface area contributed by atoms with Crippen LogP contribution >= 0.6 is 27.5 Å². The molecule has 96 valence electrons. The van der Waals surface area contributed by atoms with E-state index in [-0.39, 0.29) is 0 Å². The minimum atomic E-state index is -0.907. The van der Waals surface area contributed by atoms with E-state index < -0.39 is 6.10 Å². The van der Waals surface area contributed by atoms with Gasteiger partial charge in [-0.05, 0) is 28.1 Å². The summed E-state index contributed by atoms with van der Waals surface area (Å²) >= 11 is 9.50. The summed E-state index contributed by atoms with van der Waals surface area (Å²) in [5.41, 5.74) is 1.16. The third kappa shape index (κ3) is 2.25. The van der Waals surface area contributed by atoms with Gasteiger partial charge in [0.25, 0.3) is 0 Å². The number of hydrogen-bond donors (Lipinski definition) is 1. The third-order valence-electron chi connectivity index (χ3n) is 2.70. The molecule has 6 heteroatoms. The van der Waals surface area contributed by atoms with Crippen LogP contribution in [0.15, 0.2) is 28.9 Å². The van der Waals surface area contributed by atoms with Crippen LogP contribution in [-0.2, 0) is 7.05 Å². The summed E-state index contributed by atoms with van der Waals surface area (Å²) < 4.78 is 7.55. The van der Waals surface area contributed by atoms with Gasteiger partial charge in [-0.2, -0.15) is 5.10 Å². The summed E-state index contributed by atoms with van der Waals surface area (Å²) in [4.78, 5) is 0. The van der Waals surface area contributed by atoms with Crippen LogP contribution in [0.4, 0.5) is 0 Å².